The van der Waals surface area contributed by atoms with Gasteiger partial charge in [-0.2, -0.15) is 5.10 Å². The fourth-order valence-corrected chi connectivity index (χ4v) is 4.00. The van der Waals surface area contributed by atoms with Gasteiger partial charge in [0.1, 0.15) is 6.04 Å². The summed E-state index contributed by atoms with van der Waals surface area (Å²) in [6.07, 6.45) is 8.64. The van der Waals surface area contributed by atoms with Gasteiger partial charge in [-0.1, -0.05) is 12.8 Å². The van der Waals surface area contributed by atoms with Crippen LogP contribution in [-0.4, -0.2) is 39.9 Å². The van der Waals surface area contributed by atoms with Gasteiger partial charge in [-0.15, -0.1) is 0 Å². The molecule has 7 nitrogen and oxygen atoms in total. The highest BCUT2D eigenvalue weighted by molar-refractivity contribution is 5.76. The van der Waals surface area contributed by atoms with E-state index in [0.717, 1.165) is 18.4 Å². The van der Waals surface area contributed by atoms with Crippen molar-refractivity contribution in [1.29, 1.82) is 0 Å². The highest BCUT2D eigenvalue weighted by Crippen LogP contribution is 2.28. The minimum absolute atomic E-state index is 0.0423. The van der Waals surface area contributed by atoms with Crippen LogP contribution in [0, 0.1) is 5.92 Å². The second-order valence-corrected chi connectivity index (χ2v) is 7.37. The van der Waals surface area contributed by atoms with E-state index >= 15 is 0 Å². The van der Waals surface area contributed by atoms with Crippen molar-refractivity contribution in [3.63, 3.8) is 0 Å². The number of nitrogens with zero attached hydrogens (tertiary/aromatic N) is 3. The predicted molar refractivity (Wildman–Crippen MR) is 100 cm³/mol. The number of pyridine rings is 1. The molecular formula is C20H24N4O3. The molecule has 4 rings (SSSR count). The molecule has 0 radical (unpaired) electrons. The Morgan fingerprint density at radius 2 is 1.93 bits per heavy atom. The Bertz CT molecular complexity index is 846. The Labute approximate surface area is 157 Å². The molecule has 1 saturated heterocycles. The van der Waals surface area contributed by atoms with Gasteiger partial charge in [-0.3, -0.25) is 14.6 Å². The van der Waals surface area contributed by atoms with E-state index in [-0.39, 0.29) is 23.6 Å². The van der Waals surface area contributed by atoms with Crippen LogP contribution in [0.4, 0.5) is 0 Å². The molecule has 1 amide bonds. The number of hydrogen-bond donors (Lipinski definition) is 1. The summed E-state index contributed by atoms with van der Waals surface area (Å²) < 4.78 is 7.02. The Morgan fingerprint density at radius 1 is 1.15 bits per heavy atom. The van der Waals surface area contributed by atoms with Gasteiger partial charge < -0.3 is 10.1 Å². The fourth-order valence-electron chi connectivity index (χ4n) is 4.00. The van der Waals surface area contributed by atoms with Gasteiger partial charge in [0.2, 0.25) is 5.91 Å². The number of aromatic nitrogens is 3. The molecule has 7 heteroatoms. The van der Waals surface area contributed by atoms with Gasteiger partial charge in [0, 0.05) is 30.4 Å². The van der Waals surface area contributed by atoms with Gasteiger partial charge >= 0.3 is 0 Å². The van der Waals surface area contributed by atoms with Crippen molar-refractivity contribution in [2.45, 2.75) is 44.2 Å². The average Bonchev–Trinajstić information content (AvgIpc) is 3.35. The summed E-state index contributed by atoms with van der Waals surface area (Å²) in [5.41, 5.74) is 1.39. The number of amides is 1. The molecule has 0 spiro atoms. The molecule has 2 aromatic rings. The smallest absolute Gasteiger partial charge is 0.267 e. The lowest BCUT2D eigenvalue weighted by molar-refractivity contribution is -0.122. The maximum Gasteiger partial charge on any atom is 0.267 e. The standard InChI is InChI=1S/C20H24N4O3/c25-19(11-14-3-1-2-4-14)22-17-12-27-13-18(17)24-20(26)6-5-16(23-24)15-7-9-21-10-8-15/h5-10,14,17-18H,1-4,11-13H2,(H,22,25). The predicted octanol–water partition coefficient (Wildman–Crippen LogP) is 1.94. The first-order valence-corrected chi connectivity index (χ1v) is 9.58. The van der Waals surface area contributed by atoms with Crippen LogP contribution in [0.1, 0.15) is 38.1 Å². The monoisotopic (exact) mass is 368 g/mol. The zero-order valence-electron chi connectivity index (χ0n) is 15.2. The van der Waals surface area contributed by atoms with Gasteiger partial charge in [-0.05, 0) is 37.0 Å². The summed E-state index contributed by atoms with van der Waals surface area (Å²) in [7, 11) is 0. The van der Waals surface area contributed by atoms with E-state index in [1.54, 1.807) is 18.5 Å². The van der Waals surface area contributed by atoms with Crippen molar-refractivity contribution in [3.8, 4) is 11.3 Å². The number of nitrogens with one attached hydrogen (secondary N) is 1. The third-order valence-electron chi connectivity index (χ3n) is 5.46. The molecule has 2 aromatic heterocycles. The molecule has 1 aliphatic heterocycles. The molecule has 0 aromatic carbocycles. The minimum atomic E-state index is -0.299. The molecule has 2 unspecified atom stereocenters. The second kappa shape index (κ2) is 8.00. The third kappa shape index (κ3) is 4.08. The van der Waals surface area contributed by atoms with Gasteiger partial charge in [-0.25, -0.2) is 4.68 Å². The van der Waals surface area contributed by atoms with Gasteiger partial charge in [0.15, 0.2) is 0 Å². The molecule has 0 bridgehead atoms. The maximum absolute atomic E-state index is 12.4. The van der Waals surface area contributed by atoms with Crippen molar-refractivity contribution in [3.05, 3.63) is 47.0 Å². The third-order valence-corrected chi connectivity index (χ3v) is 5.46. The first-order chi connectivity index (χ1) is 13.2. The van der Waals surface area contributed by atoms with E-state index in [0.29, 0.717) is 31.2 Å². The van der Waals surface area contributed by atoms with E-state index in [9.17, 15) is 9.59 Å². The number of ether oxygens (including phenoxy) is 1. The summed E-state index contributed by atoms with van der Waals surface area (Å²) in [4.78, 5) is 28.9. The van der Waals surface area contributed by atoms with Crippen molar-refractivity contribution in [1.82, 2.24) is 20.1 Å². The molecule has 2 atom stereocenters. The van der Waals surface area contributed by atoms with E-state index in [4.69, 9.17) is 4.74 Å². The second-order valence-electron chi connectivity index (χ2n) is 7.37. The molecular weight excluding hydrogens is 344 g/mol. The topological polar surface area (TPSA) is 86.1 Å². The van der Waals surface area contributed by atoms with Crippen LogP contribution in [-0.2, 0) is 9.53 Å². The lowest BCUT2D eigenvalue weighted by Crippen LogP contribution is -2.44. The Morgan fingerprint density at radius 3 is 2.70 bits per heavy atom. The molecule has 1 N–H and O–H groups in total. The van der Waals surface area contributed by atoms with Crippen molar-refractivity contribution in [2.75, 3.05) is 13.2 Å². The maximum atomic E-state index is 12.4. The molecule has 1 aliphatic carbocycles. The number of carbonyl (C=O) groups is 1. The summed E-state index contributed by atoms with van der Waals surface area (Å²) in [5, 5.41) is 7.60. The van der Waals surface area contributed by atoms with Crippen LogP contribution in [0.2, 0.25) is 0 Å². The molecule has 142 valence electrons. The van der Waals surface area contributed by atoms with Crippen molar-refractivity contribution < 1.29 is 9.53 Å². The first kappa shape index (κ1) is 17.9. The molecule has 3 heterocycles. The molecule has 1 saturated carbocycles. The van der Waals surface area contributed by atoms with Crippen molar-refractivity contribution in [2.24, 2.45) is 5.92 Å². The zero-order chi connectivity index (χ0) is 18.6. The van der Waals surface area contributed by atoms with Crippen LogP contribution >= 0.6 is 0 Å². The Kier molecular flexibility index (Phi) is 5.29. The lowest BCUT2D eigenvalue weighted by Gasteiger charge is -2.21. The van der Waals surface area contributed by atoms with Gasteiger partial charge in [0.05, 0.1) is 24.9 Å². The molecule has 2 aliphatic rings. The molecule has 2 fully saturated rings. The summed E-state index contributed by atoms with van der Waals surface area (Å²) in [6.45, 7) is 0.760. The Hall–Kier alpha value is -2.54. The van der Waals surface area contributed by atoms with E-state index in [1.165, 1.54) is 23.6 Å². The van der Waals surface area contributed by atoms with Crippen LogP contribution in [0.5, 0.6) is 0 Å². The highest BCUT2D eigenvalue weighted by Gasteiger charge is 2.33. The Balaban J connectivity index is 1.51. The van der Waals surface area contributed by atoms with E-state index < -0.39 is 0 Å². The summed E-state index contributed by atoms with van der Waals surface area (Å²) in [5.74, 6) is 0.530. The highest BCUT2D eigenvalue weighted by atomic mass is 16.5. The summed E-state index contributed by atoms with van der Waals surface area (Å²) >= 11 is 0. The fraction of sp³-hybridized carbons (Fsp3) is 0.500. The first-order valence-electron chi connectivity index (χ1n) is 9.58. The van der Waals surface area contributed by atoms with Crippen molar-refractivity contribution >= 4 is 5.91 Å². The van der Waals surface area contributed by atoms with Crippen LogP contribution in [0.25, 0.3) is 11.3 Å². The minimum Gasteiger partial charge on any atom is -0.377 e. The van der Waals surface area contributed by atoms with Crippen LogP contribution in [0.3, 0.4) is 0 Å². The van der Waals surface area contributed by atoms with Gasteiger partial charge in [0.25, 0.3) is 5.56 Å². The normalized spacial score (nSPS) is 22.8. The SMILES string of the molecule is O=C(CC1CCCC1)NC1COCC1n1nc(-c2ccncc2)ccc1=O. The quantitative estimate of drug-likeness (QED) is 0.872. The molecule has 27 heavy (non-hydrogen) atoms. The average molecular weight is 368 g/mol. The van der Waals surface area contributed by atoms with E-state index in [1.807, 2.05) is 12.1 Å². The summed E-state index contributed by atoms with van der Waals surface area (Å²) in [6, 6.07) is 6.38. The number of hydrogen-bond acceptors (Lipinski definition) is 5. The van der Waals surface area contributed by atoms with Crippen LogP contribution < -0.4 is 10.9 Å². The lowest BCUT2D eigenvalue weighted by atomic mass is 10.0. The zero-order valence-corrected chi connectivity index (χ0v) is 15.2. The number of rotatable bonds is 5. The van der Waals surface area contributed by atoms with Crippen LogP contribution in [0.15, 0.2) is 41.5 Å². The largest absolute Gasteiger partial charge is 0.377 e. The van der Waals surface area contributed by atoms with E-state index in [2.05, 4.69) is 15.4 Å². The number of carbonyl (C=O) groups excluding carboxylic acids is 1.